The van der Waals surface area contributed by atoms with Gasteiger partial charge in [0.2, 0.25) is 0 Å². The molecule has 0 aliphatic heterocycles. The van der Waals surface area contributed by atoms with E-state index in [0.717, 1.165) is 38.8 Å². The maximum atomic E-state index is 6.69. The van der Waals surface area contributed by atoms with E-state index in [1.807, 2.05) is 0 Å². The SMILES string of the molecule is c1ccc(-c2ccc3oc4c(-c5ccc6c(c5)c5ccccc5n6-c5ccccc5)cc(-c5ccccc5)cc4c3c2)cc1. The molecule has 0 unspecified atom stereocenters. The largest absolute Gasteiger partial charge is 0.455 e. The topological polar surface area (TPSA) is 18.1 Å². The highest BCUT2D eigenvalue weighted by Gasteiger charge is 2.18. The molecule has 0 saturated carbocycles. The first kappa shape index (κ1) is 24.7. The van der Waals surface area contributed by atoms with Crippen LogP contribution in [0, 0.1) is 0 Å². The molecule has 0 amide bonds. The molecule has 0 fully saturated rings. The summed E-state index contributed by atoms with van der Waals surface area (Å²) >= 11 is 0. The van der Waals surface area contributed by atoms with E-state index in [0.29, 0.717) is 0 Å². The van der Waals surface area contributed by atoms with E-state index >= 15 is 0 Å². The highest BCUT2D eigenvalue weighted by Crippen LogP contribution is 2.42. The lowest BCUT2D eigenvalue weighted by molar-refractivity contribution is 0.670. The van der Waals surface area contributed by atoms with Crippen LogP contribution in [-0.4, -0.2) is 4.57 Å². The molecule has 0 saturated heterocycles. The van der Waals surface area contributed by atoms with Gasteiger partial charge in [0, 0.05) is 32.8 Å². The average molecular weight is 562 g/mol. The maximum Gasteiger partial charge on any atom is 0.143 e. The summed E-state index contributed by atoms with van der Waals surface area (Å²) in [6, 6.07) is 58.4. The van der Waals surface area contributed by atoms with Gasteiger partial charge in [-0.25, -0.2) is 0 Å². The molecule has 2 aromatic heterocycles. The van der Waals surface area contributed by atoms with Gasteiger partial charge in [0.15, 0.2) is 0 Å². The van der Waals surface area contributed by atoms with E-state index in [2.05, 4.69) is 168 Å². The predicted octanol–water partition coefficient (Wildman–Crippen LogP) is 11.7. The molecule has 9 aromatic rings. The van der Waals surface area contributed by atoms with Crippen LogP contribution in [0.3, 0.4) is 0 Å². The van der Waals surface area contributed by atoms with Crippen LogP contribution in [0.15, 0.2) is 168 Å². The number of nitrogens with zero attached hydrogens (tertiary/aromatic N) is 1. The molecule has 0 aliphatic carbocycles. The van der Waals surface area contributed by atoms with Gasteiger partial charge >= 0.3 is 0 Å². The van der Waals surface area contributed by atoms with E-state index in [9.17, 15) is 0 Å². The van der Waals surface area contributed by atoms with Gasteiger partial charge in [-0.2, -0.15) is 0 Å². The Morgan fingerprint density at radius 1 is 0.364 bits per heavy atom. The summed E-state index contributed by atoms with van der Waals surface area (Å²) in [6.07, 6.45) is 0. The van der Waals surface area contributed by atoms with Gasteiger partial charge in [-0.3, -0.25) is 0 Å². The average Bonchev–Trinajstić information content (AvgIpc) is 3.64. The zero-order chi connectivity index (χ0) is 29.0. The molecular formula is C42H27NO. The van der Waals surface area contributed by atoms with Crippen molar-refractivity contribution in [3.05, 3.63) is 164 Å². The second-order valence-electron chi connectivity index (χ2n) is 11.4. The van der Waals surface area contributed by atoms with E-state index in [1.165, 1.54) is 44.1 Å². The summed E-state index contributed by atoms with van der Waals surface area (Å²) < 4.78 is 9.05. The van der Waals surface area contributed by atoms with Crippen molar-refractivity contribution >= 4 is 43.7 Å². The summed E-state index contributed by atoms with van der Waals surface area (Å²) in [7, 11) is 0. The summed E-state index contributed by atoms with van der Waals surface area (Å²) in [4.78, 5) is 0. The van der Waals surface area contributed by atoms with Gasteiger partial charge in [0.05, 0.1) is 11.0 Å². The van der Waals surface area contributed by atoms with Crippen LogP contribution in [0.4, 0.5) is 0 Å². The van der Waals surface area contributed by atoms with Crippen molar-refractivity contribution in [2.75, 3.05) is 0 Å². The number of furan rings is 1. The lowest BCUT2D eigenvalue weighted by Gasteiger charge is -2.10. The lowest BCUT2D eigenvalue weighted by Crippen LogP contribution is -1.92. The molecule has 0 spiro atoms. The Kier molecular flexibility index (Phi) is 5.54. The molecule has 0 aliphatic rings. The van der Waals surface area contributed by atoms with Gasteiger partial charge in [-0.15, -0.1) is 0 Å². The molecular weight excluding hydrogens is 534 g/mol. The van der Waals surface area contributed by atoms with Crippen LogP contribution in [0.2, 0.25) is 0 Å². The molecule has 0 N–H and O–H groups in total. The van der Waals surface area contributed by atoms with Gasteiger partial charge in [0.25, 0.3) is 0 Å². The predicted molar refractivity (Wildman–Crippen MR) is 184 cm³/mol. The van der Waals surface area contributed by atoms with Crippen molar-refractivity contribution in [2.45, 2.75) is 0 Å². The number of hydrogen-bond donors (Lipinski definition) is 0. The molecule has 0 radical (unpaired) electrons. The zero-order valence-corrected chi connectivity index (χ0v) is 23.9. The number of para-hydroxylation sites is 2. The van der Waals surface area contributed by atoms with E-state index in [-0.39, 0.29) is 0 Å². The lowest BCUT2D eigenvalue weighted by atomic mass is 9.94. The van der Waals surface area contributed by atoms with Crippen LogP contribution in [-0.2, 0) is 0 Å². The van der Waals surface area contributed by atoms with Gasteiger partial charge in [-0.1, -0.05) is 109 Å². The minimum absolute atomic E-state index is 0.896. The van der Waals surface area contributed by atoms with E-state index in [4.69, 9.17) is 4.42 Å². The number of rotatable bonds is 4. The molecule has 206 valence electrons. The van der Waals surface area contributed by atoms with Crippen LogP contribution < -0.4 is 0 Å². The Morgan fingerprint density at radius 2 is 0.955 bits per heavy atom. The Labute approximate surface area is 255 Å². The quantitative estimate of drug-likeness (QED) is 0.209. The highest BCUT2D eigenvalue weighted by atomic mass is 16.3. The fraction of sp³-hybridized carbons (Fsp3) is 0. The number of aromatic nitrogens is 1. The van der Waals surface area contributed by atoms with Crippen molar-refractivity contribution in [1.29, 1.82) is 0 Å². The summed E-state index contributed by atoms with van der Waals surface area (Å²) in [5.74, 6) is 0. The Balaban J connectivity index is 1.32. The second kappa shape index (κ2) is 9.86. The van der Waals surface area contributed by atoms with Crippen molar-refractivity contribution in [3.63, 3.8) is 0 Å². The first-order valence-corrected chi connectivity index (χ1v) is 15.0. The molecule has 44 heavy (non-hydrogen) atoms. The minimum Gasteiger partial charge on any atom is -0.455 e. The highest BCUT2D eigenvalue weighted by molar-refractivity contribution is 6.14. The van der Waals surface area contributed by atoms with Crippen LogP contribution in [0.5, 0.6) is 0 Å². The molecule has 2 heterocycles. The third-order valence-electron chi connectivity index (χ3n) is 8.78. The fourth-order valence-electron chi connectivity index (χ4n) is 6.70. The summed E-state index contributed by atoms with van der Waals surface area (Å²) in [6.45, 7) is 0. The van der Waals surface area contributed by atoms with Crippen molar-refractivity contribution in [1.82, 2.24) is 4.57 Å². The van der Waals surface area contributed by atoms with Crippen molar-refractivity contribution in [3.8, 4) is 39.1 Å². The number of benzene rings is 7. The van der Waals surface area contributed by atoms with Gasteiger partial charge < -0.3 is 8.98 Å². The standard InChI is InChI=1S/C42H27NO/c1-4-12-28(13-5-1)30-21-23-41-37(24-30)38-27-32(29-14-6-2-7-15-29)26-35(42(38)44-41)31-20-22-40-36(25-31)34-18-10-11-19-39(34)43(40)33-16-8-3-9-17-33/h1-27H. The third kappa shape index (κ3) is 3.89. The Bertz CT molecular complexity index is 2470. The maximum absolute atomic E-state index is 6.69. The smallest absolute Gasteiger partial charge is 0.143 e. The zero-order valence-electron chi connectivity index (χ0n) is 23.9. The molecule has 2 heteroatoms. The van der Waals surface area contributed by atoms with E-state index in [1.54, 1.807) is 0 Å². The van der Waals surface area contributed by atoms with Gasteiger partial charge in [-0.05, 0) is 82.4 Å². The van der Waals surface area contributed by atoms with Crippen LogP contribution >= 0.6 is 0 Å². The Hall–Kier alpha value is -5.86. The number of fused-ring (bicyclic) bond motifs is 6. The molecule has 9 rings (SSSR count). The van der Waals surface area contributed by atoms with Crippen molar-refractivity contribution in [2.24, 2.45) is 0 Å². The monoisotopic (exact) mass is 561 g/mol. The van der Waals surface area contributed by atoms with Crippen LogP contribution in [0.1, 0.15) is 0 Å². The first-order valence-electron chi connectivity index (χ1n) is 15.0. The van der Waals surface area contributed by atoms with E-state index < -0.39 is 0 Å². The van der Waals surface area contributed by atoms with Gasteiger partial charge in [0.1, 0.15) is 11.2 Å². The molecule has 2 nitrogen and oxygen atoms in total. The minimum atomic E-state index is 0.896. The fourth-order valence-corrected chi connectivity index (χ4v) is 6.70. The summed E-state index contributed by atoms with van der Waals surface area (Å²) in [5.41, 5.74) is 12.3. The molecule has 7 aromatic carbocycles. The number of hydrogen-bond acceptors (Lipinski definition) is 1. The first-order chi connectivity index (χ1) is 21.8. The molecule has 0 bridgehead atoms. The molecule has 0 atom stereocenters. The Morgan fingerprint density at radius 3 is 1.73 bits per heavy atom. The summed E-state index contributed by atoms with van der Waals surface area (Å²) in [5, 5.41) is 4.71. The normalized spacial score (nSPS) is 11.6. The third-order valence-corrected chi connectivity index (χ3v) is 8.78. The second-order valence-corrected chi connectivity index (χ2v) is 11.4. The van der Waals surface area contributed by atoms with Crippen molar-refractivity contribution < 1.29 is 4.42 Å². The van der Waals surface area contributed by atoms with Crippen LogP contribution in [0.25, 0.3) is 82.8 Å².